The molecule has 0 spiro atoms. The number of thioether (sulfide) groups is 1. The Kier molecular flexibility index (Phi) is 5.69. The minimum atomic E-state index is -0.836. The summed E-state index contributed by atoms with van der Waals surface area (Å²) in [5.41, 5.74) is -0.836. The summed E-state index contributed by atoms with van der Waals surface area (Å²) in [6.45, 7) is 3.77. The Morgan fingerprint density at radius 2 is 1.94 bits per heavy atom. The fourth-order valence-corrected chi connectivity index (χ4v) is 2.49. The van der Waals surface area contributed by atoms with Crippen LogP contribution in [0, 0.1) is 0 Å². The molecule has 0 heterocycles. The van der Waals surface area contributed by atoms with Gasteiger partial charge in [0, 0.05) is 30.7 Å². The quantitative estimate of drug-likeness (QED) is 0.805. The molecule has 3 nitrogen and oxygen atoms in total. The number of hydrogen-bond acceptors (Lipinski definition) is 3. The summed E-state index contributed by atoms with van der Waals surface area (Å²) in [5.74, 6) is 0.833. The van der Waals surface area contributed by atoms with Gasteiger partial charge in [0.1, 0.15) is 0 Å². The fraction of sp³-hybridized carbons (Fsp3) is 0.500. The van der Waals surface area contributed by atoms with Crippen LogP contribution in [0.15, 0.2) is 35.2 Å². The van der Waals surface area contributed by atoms with Crippen LogP contribution in [0.3, 0.4) is 0 Å². The normalized spacial score (nSPS) is 11.3. The first-order valence-electron chi connectivity index (χ1n) is 6.03. The van der Waals surface area contributed by atoms with E-state index in [0.717, 1.165) is 5.75 Å². The molecule has 0 bridgehead atoms. The lowest BCUT2D eigenvalue weighted by molar-refractivity contribution is -0.132. The number of carbonyl (C=O) groups excluding carboxylic acids is 1. The number of likely N-dealkylation sites (N-methyl/N-ethyl adjacent to an activating group) is 1. The topological polar surface area (TPSA) is 40.5 Å². The second-order valence-corrected chi connectivity index (χ2v) is 6.14. The Morgan fingerprint density at radius 3 is 2.50 bits per heavy atom. The van der Waals surface area contributed by atoms with E-state index in [1.54, 1.807) is 37.6 Å². The summed E-state index contributed by atoms with van der Waals surface area (Å²) < 4.78 is 0. The predicted octanol–water partition coefficient (Wildman–Crippen LogP) is 2.40. The zero-order valence-corrected chi connectivity index (χ0v) is 12.0. The van der Waals surface area contributed by atoms with E-state index in [1.807, 2.05) is 30.3 Å². The Balaban J connectivity index is 2.29. The number of carbonyl (C=O) groups is 1. The molecule has 1 rings (SSSR count). The minimum Gasteiger partial charge on any atom is -0.389 e. The SMILES string of the molecule is CN(CC(C)(C)O)C(=O)CCSc1ccccc1. The lowest BCUT2D eigenvalue weighted by Crippen LogP contribution is -2.39. The van der Waals surface area contributed by atoms with Crippen molar-refractivity contribution in [2.24, 2.45) is 0 Å². The molecule has 100 valence electrons. The third-order valence-electron chi connectivity index (χ3n) is 2.38. The second kappa shape index (κ2) is 6.81. The summed E-state index contributed by atoms with van der Waals surface area (Å²) >= 11 is 1.67. The van der Waals surface area contributed by atoms with Crippen molar-refractivity contribution in [1.29, 1.82) is 0 Å². The molecule has 0 aliphatic carbocycles. The minimum absolute atomic E-state index is 0.0700. The van der Waals surface area contributed by atoms with E-state index in [0.29, 0.717) is 13.0 Å². The summed E-state index contributed by atoms with van der Waals surface area (Å²) in [6, 6.07) is 10.0. The van der Waals surface area contributed by atoms with Crippen molar-refractivity contribution in [3.8, 4) is 0 Å². The zero-order valence-electron chi connectivity index (χ0n) is 11.2. The van der Waals surface area contributed by atoms with Gasteiger partial charge in [0.25, 0.3) is 0 Å². The molecule has 1 aromatic carbocycles. The summed E-state index contributed by atoms with van der Waals surface area (Å²) in [4.78, 5) is 14.6. The maximum absolute atomic E-state index is 11.8. The Morgan fingerprint density at radius 1 is 1.33 bits per heavy atom. The lowest BCUT2D eigenvalue weighted by atomic mass is 10.1. The zero-order chi connectivity index (χ0) is 13.6. The van der Waals surface area contributed by atoms with Crippen LogP contribution in [-0.4, -0.2) is 40.9 Å². The molecule has 0 saturated heterocycles. The fourth-order valence-electron chi connectivity index (χ4n) is 1.63. The molecule has 0 radical (unpaired) electrons. The second-order valence-electron chi connectivity index (χ2n) is 4.97. The van der Waals surface area contributed by atoms with Gasteiger partial charge in [-0.1, -0.05) is 18.2 Å². The summed E-state index contributed by atoms with van der Waals surface area (Å²) in [6.07, 6.45) is 0.492. The van der Waals surface area contributed by atoms with E-state index >= 15 is 0 Å². The number of nitrogens with zero attached hydrogens (tertiary/aromatic N) is 1. The highest BCUT2D eigenvalue weighted by Crippen LogP contribution is 2.18. The summed E-state index contributed by atoms with van der Waals surface area (Å²) in [7, 11) is 1.73. The largest absolute Gasteiger partial charge is 0.389 e. The van der Waals surface area contributed by atoms with Gasteiger partial charge in [-0.15, -0.1) is 11.8 Å². The van der Waals surface area contributed by atoms with Gasteiger partial charge in [-0.25, -0.2) is 0 Å². The summed E-state index contributed by atoms with van der Waals surface area (Å²) in [5, 5.41) is 9.64. The van der Waals surface area contributed by atoms with Crippen LogP contribution in [0.25, 0.3) is 0 Å². The van der Waals surface area contributed by atoms with Crippen molar-refractivity contribution in [2.45, 2.75) is 30.8 Å². The lowest BCUT2D eigenvalue weighted by Gasteiger charge is -2.25. The first kappa shape index (κ1) is 15.1. The first-order valence-corrected chi connectivity index (χ1v) is 7.01. The van der Waals surface area contributed by atoms with Gasteiger partial charge in [-0.3, -0.25) is 4.79 Å². The van der Waals surface area contributed by atoms with Crippen LogP contribution in [0.4, 0.5) is 0 Å². The van der Waals surface area contributed by atoms with Crippen LogP contribution in [0.1, 0.15) is 20.3 Å². The number of rotatable bonds is 6. The molecule has 4 heteroatoms. The van der Waals surface area contributed by atoms with Gasteiger partial charge in [0.2, 0.25) is 5.91 Å². The van der Waals surface area contributed by atoms with Crippen molar-refractivity contribution in [3.05, 3.63) is 30.3 Å². The number of aliphatic hydroxyl groups is 1. The first-order chi connectivity index (χ1) is 8.38. The van der Waals surface area contributed by atoms with Gasteiger partial charge >= 0.3 is 0 Å². The van der Waals surface area contributed by atoms with Gasteiger partial charge in [-0.05, 0) is 26.0 Å². The monoisotopic (exact) mass is 267 g/mol. The van der Waals surface area contributed by atoms with E-state index in [9.17, 15) is 9.90 Å². The van der Waals surface area contributed by atoms with Crippen molar-refractivity contribution in [1.82, 2.24) is 4.90 Å². The average molecular weight is 267 g/mol. The smallest absolute Gasteiger partial charge is 0.223 e. The van der Waals surface area contributed by atoms with Crippen LogP contribution in [-0.2, 0) is 4.79 Å². The molecule has 0 aliphatic rings. The maximum atomic E-state index is 11.8. The molecule has 1 aromatic rings. The van der Waals surface area contributed by atoms with E-state index in [2.05, 4.69) is 0 Å². The van der Waals surface area contributed by atoms with Crippen LogP contribution < -0.4 is 0 Å². The van der Waals surface area contributed by atoms with Crippen molar-refractivity contribution in [2.75, 3.05) is 19.3 Å². The molecule has 0 unspecified atom stereocenters. The van der Waals surface area contributed by atoms with Crippen molar-refractivity contribution < 1.29 is 9.90 Å². The number of amides is 1. The molecule has 1 amide bonds. The Labute approximate surface area is 113 Å². The predicted molar refractivity (Wildman–Crippen MR) is 75.7 cm³/mol. The highest BCUT2D eigenvalue weighted by atomic mass is 32.2. The number of benzene rings is 1. The molecule has 0 atom stereocenters. The molecule has 0 fully saturated rings. The average Bonchev–Trinajstić information content (AvgIpc) is 2.28. The van der Waals surface area contributed by atoms with E-state index < -0.39 is 5.60 Å². The maximum Gasteiger partial charge on any atom is 0.223 e. The molecular weight excluding hydrogens is 246 g/mol. The van der Waals surface area contributed by atoms with Crippen molar-refractivity contribution >= 4 is 17.7 Å². The van der Waals surface area contributed by atoms with Gasteiger partial charge in [-0.2, -0.15) is 0 Å². The number of hydrogen-bond donors (Lipinski definition) is 1. The Hall–Kier alpha value is -1.00. The van der Waals surface area contributed by atoms with E-state index in [4.69, 9.17) is 0 Å². The molecule has 1 N–H and O–H groups in total. The van der Waals surface area contributed by atoms with Gasteiger partial charge in [0.05, 0.1) is 5.60 Å². The van der Waals surface area contributed by atoms with Gasteiger partial charge in [0.15, 0.2) is 0 Å². The molecule has 0 aliphatic heterocycles. The molecular formula is C14H21NO2S. The third kappa shape index (κ3) is 6.07. The van der Waals surface area contributed by atoms with Crippen LogP contribution in [0.5, 0.6) is 0 Å². The molecule has 18 heavy (non-hydrogen) atoms. The molecule has 0 saturated carbocycles. The standard InChI is InChI=1S/C14H21NO2S/c1-14(2,17)11-15(3)13(16)9-10-18-12-7-5-4-6-8-12/h4-8,17H,9-11H2,1-3H3. The molecule has 0 aromatic heterocycles. The van der Waals surface area contributed by atoms with E-state index in [-0.39, 0.29) is 5.91 Å². The van der Waals surface area contributed by atoms with Gasteiger partial charge < -0.3 is 10.0 Å². The third-order valence-corrected chi connectivity index (χ3v) is 3.39. The highest BCUT2D eigenvalue weighted by Gasteiger charge is 2.18. The highest BCUT2D eigenvalue weighted by molar-refractivity contribution is 7.99. The Bertz CT molecular complexity index is 373. The van der Waals surface area contributed by atoms with Crippen molar-refractivity contribution in [3.63, 3.8) is 0 Å². The van der Waals surface area contributed by atoms with Crippen LogP contribution >= 0.6 is 11.8 Å². The van der Waals surface area contributed by atoms with Crippen LogP contribution in [0.2, 0.25) is 0 Å². The van der Waals surface area contributed by atoms with E-state index in [1.165, 1.54) is 4.90 Å².